The summed E-state index contributed by atoms with van der Waals surface area (Å²) >= 11 is 0. The Balaban J connectivity index is 1.76. The molecule has 3 aromatic rings. The lowest BCUT2D eigenvalue weighted by molar-refractivity contribution is 0.539. The summed E-state index contributed by atoms with van der Waals surface area (Å²) in [5, 5.41) is 8.89. The Morgan fingerprint density at radius 2 is 1.66 bits per heavy atom. The quantitative estimate of drug-likeness (QED) is 0.482. The summed E-state index contributed by atoms with van der Waals surface area (Å²) < 4.78 is 43.6. The first kappa shape index (κ1) is 19.3. The molecular formula is C25H20F3N. The fraction of sp³-hybridized carbons (Fsp3) is 0.240. The molecule has 4 rings (SSSR count). The third-order valence-corrected chi connectivity index (χ3v) is 5.66. The molecule has 0 aliphatic heterocycles. The molecule has 0 bridgehead atoms. The molecule has 1 aliphatic rings. The van der Waals surface area contributed by atoms with Gasteiger partial charge in [-0.05, 0) is 77.3 Å². The Kier molecular flexibility index (Phi) is 5.15. The molecule has 0 radical (unpaired) electrons. The van der Waals surface area contributed by atoms with Crippen molar-refractivity contribution in [1.82, 2.24) is 0 Å². The van der Waals surface area contributed by atoms with Gasteiger partial charge in [0, 0.05) is 5.56 Å². The van der Waals surface area contributed by atoms with E-state index >= 15 is 0 Å². The zero-order valence-corrected chi connectivity index (χ0v) is 16.2. The van der Waals surface area contributed by atoms with Gasteiger partial charge >= 0.3 is 0 Å². The lowest BCUT2D eigenvalue weighted by Gasteiger charge is -2.23. The van der Waals surface area contributed by atoms with Crippen molar-refractivity contribution in [3.05, 3.63) is 82.2 Å². The minimum atomic E-state index is -0.559. The molecule has 146 valence electrons. The van der Waals surface area contributed by atoms with Crippen LogP contribution in [0.4, 0.5) is 13.2 Å². The molecule has 1 aliphatic carbocycles. The van der Waals surface area contributed by atoms with Gasteiger partial charge in [0.25, 0.3) is 0 Å². The molecule has 4 heteroatoms. The molecular weight excluding hydrogens is 371 g/mol. The van der Waals surface area contributed by atoms with Crippen LogP contribution < -0.4 is 0 Å². The van der Waals surface area contributed by atoms with Crippen molar-refractivity contribution in [1.29, 1.82) is 5.26 Å². The maximum Gasteiger partial charge on any atom is 0.141 e. The number of fused-ring (bicyclic) bond motifs is 3. The Morgan fingerprint density at radius 3 is 2.38 bits per heavy atom. The van der Waals surface area contributed by atoms with Gasteiger partial charge < -0.3 is 0 Å². The molecule has 0 aromatic heterocycles. The molecule has 3 aromatic carbocycles. The van der Waals surface area contributed by atoms with Crippen LogP contribution in [0.2, 0.25) is 0 Å². The first-order valence-electron chi connectivity index (χ1n) is 9.86. The molecule has 0 atom stereocenters. The Bertz CT molecular complexity index is 1140. The summed E-state index contributed by atoms with van der Waals surface area (Å²) in [6, 6.07) is 13.4. The monoisotopic (exact) mass is 391 g/mol. The van der Waals surface area contributed by atoms with Crippen molar-refractivity contribution in [2.75, 3.05) is 0 Å². The third-order valence-electron chi connectivity index (χ3n) is 5.66. The number of unbranched alkanes of at least 4 members (excludes halogenated alkanes) is 1. The van der Waals surface area contributed by atoms with Crippen LogP contribution >= 0.6 is 0 Å². The lowest BCUT2D eigenvalue weighted by Crippen LogP contribution is -2.10. The van der Waals surface area contributed by atoms with Gasteiger partial charge in [0.1, 0.15) is 23.5 Å². The maximum atomic E-state index is 15.0. The van der Waals surface area contributed by atoms with Gasteiger partial charge in [-0.3, -0.25) is 0 Å². The van der Waals surface area contributed by atoms with Crippen LogP contribution in [0.5, 0.6) is 0 Å². The predicted octanol–water partition coefficient (Wildman–Crippen LogP) is 6.75. The van der Waals surface area contributed by atoms with Crippen molar-refractivity contribution < 1.29 is 13.2 Å². The van der Waals surface area contributed by atoms with Gasteiger partial charge in [0.15, 0.2) is 0 Å². The Morgan fingerprint density at radius 1 is 0.897 bits per heavy atom. The molecule has 1 nitrogen and oxygen atoms in total. The first-order valence-corrected chi connectivity index (χ1v) is 9.86. The number of benzene rings is 3. The molecule has 0 N–H and O–H groups in total. The second kappa shape index (κ2) is 7.75. The van der Waals surface area contributed by atoms with E-state index in [0.29, 0.717) is 36.0 Å². The van der Waals surface area contributed by atoms with Crippen LogP contribution in [-0.4, -0.2) is 0 Å². The number of aryl methyl sites for hydroxylation is 1. The van der Waals surface area contributed by atoms with E-state index in [1.54, 1.807) is 6.07 Å². The number of nitriles is 1. The maximum absolute atomic E-state index is 15.0. The summed E-state index contributed by atoms with van der Waals surface area (Å²) in [5.74, 6) is -1.45. The van der Waals surface area contributed by atoms with Crippen LogP contribution in [0.25, 0.3) is 22.3 Å². The molecule has 0 amide bonds. The molecule has 29 heavy (non-hydrogen) atoms. The second-order valence-corrected chi connectivity index (χ2v) is 7.46. The van der Waals surface area contributed by atoms with E-state index in [0.717, 1.165) is 29.5 Å². The SMILES string of the molecule is CCCCc1c(F)cc2c(c1F)CCc1cc(-c3ccc(C#N)c(F)c3)ccc1-2. The fourth-order valence-corrected chi connectivity index (χ4v) is 4.06. The topological polar surface area (TPSA) is 23.8 Å². The predicted molar refractivity (Wildman–Crippen MR) is 108 cm³/mol. The Labute approximate surface area is 168 Å². The summed E-state index contributed by atoms with van der Waals surface area (Å²) in [6.07, 6.45) is 3.21. The second-order valence-electron chi connectivity index (χ2n) is 7.46. The summed E-state index contributed by atoms with van der Waals surface area (Å²) in [4.78, 5) is 0. The molecule has 0 spiro atoms. The highest BCUT2D eigenvalue weighted by atomic mass is 19.1. The highest BCUT2D eigenvalue weighted by Crippen LogP contribution is 2.39. The zero-order valence-electron chi connectivity index (χ0n) is 16.2. The average molecular weight is 391 g/mol. The van der Waals surface area contributed by atoms with Gasteiger partial charge in [0.2, 0.25) is 0 Å². The number of hydrogen-bond donors (Lipinski definition) is 0. The highest BCUT2D eigenvalue weighted by Gasteiger charge is 2.24. The minimum absolute atomic E-state index is 0.00506. The molecule has 0 saturated carbocycles. The summed E-state index contributed by atoms with van der Waals surface area (Å²) in [7, 11) is 0. The first-order chi connectivity index (χ1) is 14.0. The van der Waals surface area contributed by atoms with Crippen molar-refractivity contribution in [3.63, 3.8) is 0 Å². The van der Waals surface area contributed by atoms with Gasteiger partial charge in [-0.1, -0.05) is 37.6 Å². The van der Waals surface area contributed by atoms with Crippen LogP contribution in [0.3, 0.4) is 0 Å². The van der Waals surface area contributed by atoms with Gasteiger partial charge in [-0.2, -0.15) is 5.26 Å². The van der Waals surface area contributed by atoms with Gasteiger partial charge in [0.05, 0.1) is 5.56 Å². The third kappa shape index (κ3) is 3.42. The van der Waals surface area contributed by atoms with E-state index in [1.165, 1.54) is 18.2 Å². The standard InChI is InChI=1S/C25H20F3N/c1-2-3-4-21-24(27)13-22-19-9-7-15(11-17(19)8-10-20(22)25(21)28)16-5-6-18(14-29)23(26)12-16/h5-7,9,11-13H,2-4,8,10H2,1H3. The van der Waals surface area contributed by atoms with Gasteiger partial charge in [-0.25, -0.2) is 13.2 Å². The summed E-state index contributed by atoms with van der Waals surface area (Å²) in [5.41, 5.74) is 4.69. The number of halogens is 3. The molecule has 0 saturated heterocycles. The van der Waals surface area contributed by atoms with Gasteiger partial charge in [-0.15, -0.1) is 0 Å². The van der Waals surface area contributed by atoms with E-state index in [-0.39, 0.29) is 11.1 Å². The van der Waals surface area contributed by atoms with E-state index in [1.807, 2.05) is 31.2 Å². The van der Waals surface area contributed by atoms with E-state index in [2.05, 4.69) is 0 Å². The number of nitrogens with zero attached hydrogens (tertiary/aromatic N) is 1. The molecule has 0 heterocycles. The van der Waals surface area contributed by atoms with Crippen LogP contribution in [0.15, 0.2) is 42.5 Å². The van der Waals surface area contributed by atoms with Crippen molar-refractivity contribution in [3.8, 4) is 28.3 Å². The van der Waals surface area contributed by atoms with Crippen molar-refractivity contribution in [2.24, 2.45) is 0 Å². The minimum Gasteiger partial charge on any atom is -0.207 e. The van der Waals surface area contributed by atoms with E-state index < -0.39 is 17.5 Å². The van der Waals surface area contributed by atoms with Crippen LogP contribution in [-0.2, 0) is 19.3 Å². The Hall–Kier alpha value is -3.06. The van der Waals surface area contributed by atoms with Crippen LogP contribution in [0, 0.1) is 28.8 Å². The van der Waals surface area contributed by atoms with Crippen molar-refractivity contribution >= 4 is 0 Å². The van der Waals surface area contributed by atoms with Crippen molar-refractivity contribution in [2.45, 2.75) is 39.0 Å². The zero-order chi connectivity index (χ0) is 20.5. The smallest absolute Gasteiger partial charge is 0.141 e. The van der Waals surface area contributed by atoms with E-state index in [9.17, 15) is 13.2 Å². The normalized spacial score (nSPS) is 12.2. The number of hydrogen-bond acceptors (Lipinski definition) is 1. The highest BCUT2D eigenvalue weighted by molar-refractivity contribution is 5.78. The average Bonchev–Trinajstić information content (AvgIpc) is 2.73. The lowest BCUT2D eigenvalue weighted by atomic mass is 9.82. The largest absolute Gasteiger partial charge is 0.207 e. The van der Waals surface area contributed by atoms with Crippen LogP contribution in [0.1, 0.15) is 42.0 Å². The number of rotatable bonds is 4. The molecule has 0 unspecified atom stereocenters. The molecule has 0 fully saturated rings. The summed E-state index contributed by atoms with van der Waals surface area (Å²) in [6.45, 7) is 2.00. The fourth-order valence-electron chi connectivity index (χ4n) is 4.06. The van der Waals surface area contributed by atoms with E-state index in [4.69, 9.17) is 5.26 Å².